The number of carbonyl (C=O) groups excluding carboxylic acids is 2. The van der Waals surface area contributed by atoms with Crippen LogP contribution in [0.5, 0.6) is 0 Å². The fraction of sp³-hybridized carbons (Fsp3) is 0.385. The molecule has 104 valence electrons. The summed E-state index contributed by atoms with van der Waals surface area (Å²) in [5, 5.41) is 5.36. The molecule has 0 saturated heterocycles. The molecule has 0 fully saturated rings. The Morgan fingerprint density at radius 2 is 2.05 bits per heavy atom. The Labute approximate surface area is 117 Å². The second-order valence-corrected chi connectivity index (χ2v) is 4.64. The molecule has 0 aliphatic heterocycles. The maximum absolute atomic E-state index is 11.4. The molecule has 0 aliphatic rings. The third-order valence-electron chi connectivity index (χ3n) is 2.91. The van der Waals surface area contributed by atoms with E-state index in [9.17, 15) is 9.59 Å². The van der Waals surface area contributed by atoms with E-state index < -0.39 is 17.4 Å². The predicted molar refractivity (Wildman–Crippen MR) is 72.9 cm³/mol. The number of amides is 2. The first-order valence-electron chi connectivity index (χ1n) is 5.74. The molecule has 1 aromatic rings. The number of rotatable bonds is 4. The fourth-order valence-electron chi connectivity index (χ4n) is 1.55. The van der Waals surface area contributed by atoms with Crippen LogP contribution < -0.4 is 10.6 Å². The molecule has 1 rings (SSSR count). The largest absolute Gasteiger partial charge is 0.372 e. The van der Waals surface area contributed by atoms with Crippen LogP contribution >= 0.6 is 11.6 Å². The SMILES string of the molecule is CNC(=O)C(=O)NCC(C)(OC)c1cccc(Cl)c1. The van der Waals surface area contributed by atoms with Crippen molar-refractivity contribution in [2.45, 2.75) is 12.5 Å². The molecule has 2 amide bonds. The van der Waals surface area contributed by atoms with Gasteiger partial charge in [0.2, 0.25) is 0 Å². The van der Waals surface area contributed by atoms with Gasteiger partial charge < -0.3 is 15.4 Å². The van der Waals surface area contributed by atoms with Gasteiger partial charge in [-0.1, -0.05) is 23.7 Å². The predicted octanol–water partition coefficient (Wildman–Crippen LogP) is 1.06. The molecule has 0 saturated carbocycles. The van der Waals surface area contributed by atoms with Crippen molar-refractivity contribution in [3.05, 3.63) is 34.9 Å². The quantitative estimate of drug-likeness (QED) is 0.813. The molecule has 1 unspecified atom stereocenters. The number of methoxy groups -OCH3 is 1. The summed E-state index contributed by atoms with van der Waals surface area (Å²) >= 11 is 5.94. The van der Waals surface area contributed by atoms with Gasteiger partial charge in [0, 0.05) is 19.2 Å². The first-order valence-corrected chi connectivity index (χ1v) is 6.12. The minimum Gasteiger partial charge on any atom is -0.372 e. The number of nitrogens with one attached hydrogen (secondary N) is 2. The lowest BCUT2D eigenvalue weighted by Crippen LogP contribution is -2.45. The highest BCUT2D eigenvalue weighted by Crippen LogP contribution is 2.26. The molecule has 1 aromatic carbocycles. The Balaban J connectivity index is 2.81. The summed E-state index contributed by atoms with van der Waals surface area (Å²) < 4.78 is 5.44. The van der Waals surface area contributed by atoms with E-state index in [0.29, 0.717) is 5.02 Å². The highest BCUT2D eigenvalue weighted by Gasteiger charge is 2.28. The number of hydrogen-bond donors (Lipinski definition) is 2. The Morgan fingerprint density at radius 1 is 1.37 bits per heavy atom. The molecule has 1 atom stereocenters. The van der Waals surface area contributed by atoms with E-state index >= 15 is 0 Å². The minimum absolute atomic E-state index is 0.163. The van der Waals surface area contributed by atoms with Crippen LogP contribution in [0.3, 0.4) is 0 Å². The molecule has 0 aromatic heterocycles. The minimum atomic E-state index is -0.755. The van der Waals surface area contributed by atoms with Crippen LogP contribution in [-0.2, 0) is 19.9 Å². The molecule has 0 spiro atoms. The van der Waals surface area contributed by atoms with E-state index in [4.69, 9.17) is 16.3 Å². The third-order valence-corrected chi connectivity index (χ3v) is 3.14. The fourth-order valence-corrected chi connectivity index (χ4v) is 1.74. The lowest BCUT2D eigenvalue weighted by molar-refractivity contribution is -0.139. The van der Waals surface area contributed by atoms with Crippen molar-refractivity contribution in [3.63, 3.8) is 0 Å². The van der Waals surface area contributed by atoms with Gasteiger partial charge >= 0.3 is 11.8 Å². The third kappa shape index (κ3) is 3.94. The summed E-state index contributed by atoms with van der Waals surface area (Å²) in [4.78, 5) is 22.6. The van der Waals surface area contributed by atoms with Crippen LogP contribution in [0.1, 0.15) is 12.5 Å². The second kappa shape index (κ2) is 6.54. The average Bonchev–Trinajstić information content (AvgIpc) is 2.43. The first-order chi connectivity index (χ1) is 8.92. The van der Waals surface area contributed by atoms with Gasteiger partial charge in [-0.2, -0.15) is 0 Å². The Bertz CT molecular complexity index is 479. The Morgan fingerprint density at radius 3 is 2.58 bits per heavy atom. The van der Waals surface area contributed by atoms with Gasteiger partial charge in [-0.15, -0.1) is 0 Å². The number of ether oxygens (including phenoxy) is 1. The highest BCUT2D eigenvalue weighted by atomic mass is 35.5. The molecular formula is C13H17ClN2O3. The maximum Gasteiger partial charge on any atom is 0.309 e. The lowest BCUT2D eigenvalue weighted by Gasteiger charge is -2.29. The molecular weight excluding hydrogens is 268 g/mol. The van der Waals surface area contributed by atoms with Crippen molar-refractivity contribution in [1.82, 2.24) is 10.6 Å². The molecule has 5 nitrogen and oxygen atoms in total. The van der Waals surface area contributed by atoms with Gasteiger partial charge in [-0.25, -0.2) is 0 Å². The molecule has 2 N–H and O–H groups in total. The van der Waals surface area contributed by atoms with E-state index in [2.05, 4.69) is 10.6 Å². The van der Waals surface area contributed by atoms with Gasteiger partial charge in [0.05, 0.1) is 6.54 Å². The van der Waals surface area contributed by atoms with Crippen LogP contribution in [0, 0.1) is 0 Å². The molecule has 0 radical (unpaired) electrons. The Hall–Kier alpha value is -1.59. The van der Waals surface area contributed by atoms with Crippen LogP contribution in [0.2, 0.25) is 5.02 Å². The van der Waals surface area contributed by atoms with Crippen molar-refractivity contribution in [1.29, 1.82) is 0 Å². The van der Waals surface area contributed by atoms with Crippen molar-refractivity contribution in [2.24, 2.45) is 0 Å². The van der Waals surface area contributed by atoms with E-state index in [-0.39, 0.29) is 6.54 Å². The zero-order chi connectivity index (χ0) is 14.5. The van der Waals surface area contributed by atoms with Gasteiger partial charge in [-0.05, 0) is 24.6 Å². The van der Waals surface area contributed by atoms with E-state index in [0.717, 1.165) is 5.56 Å². The van der Waals surface area contributed by atoms with Crippen LogP contribution in [-0.4, -0.2) is 32.5 Å². The van der Waals surface area contributed by atoms with Crippen molar-refractivity contribution >= 4 is 23.4 Å². The van der Waals surface area contributed by atoms with Crippen LogP contribution in [0.25, 0.3) is 0 Å². The number of halogens is 1. The standard InChI is InChI=1S/C13H17ClN2O3/c1-13(19-3,8-16-12(18)11(17)15-2)9-5-4-6-10(14)7-9/h4-7H,8H2,1-3H3,(H,15,17)(H,16,18). The average molecular weight is 285 g/mol. The summed E-state index contributed by atoms with van der Waals surface area (Å²) in [6.45, 7) is 1.97. The molecule has 19 heavy (non-hydrogen) atoms. The summed E-state index contributed by atoms with van der Waals surface area (Å²) in [6, 6.07) is 7.16. The van der Waals surface area contributed by atoms with Crippen LogP contribution in [0.4, 0.5) is 0 Å². The molecule has 6 heteroatoms. The number of carbonyl (C=O) groups is 2. The molecule has 0 heterocycles. The summed E-state index contributed by atoms with van der Waals surface area (Å²) in [6.07, 6.45) is 0. The monoisotopic (exact) mass is 284 g/mol. The van der Waals surface area contributed by atoms with E-state index in [1.54, 1.807) is 18.2 Å². The van der Waals surface area contributed by atoms with Crippen molar-refractivity contribution in [2.75, 3.05) is 20.7 Å². The summed E-state index contributed by atoms with van der Waals surface area (Å²) in [5.41, 5.74) is 0.0638. The number of benzene rings is 1. The van der Waals surface area contributed by atoms with Crippen LogP contribution in [0.15, 0.2) is 24.3 Å². The first kappa shape index (κ1) is 15.5. The van der Waals surface area contributed by atoms with E-state index in [1.165, 1.54) is 14.2 Å². The number of hydrogen-bond acceptors (Lipinski definition) is 3. The normalized spacial score (nSPS) is 13.5. The highest BCUT2D eigenvalue weighted by molar-refractivity contribution is 6.35. The topological polar surface area (TPSA) is 67.4 Å². The van der Waals surface area contributed by atoms with Crippen molar-refractivity contribution < 1.29 is 14.3 Å². The maximum atomic E-state index is 11.4. The van der Waals surface area contributed by atoms with Gasteiger partial charge in [-0.3, -0.25) is 9.59 Å². The zero-order valence-electron chi connectivity index (χ0n) is 11.1. The van der Waals surface area contributed by atoms with Crippen molar-refractivity contribution in [3.8, 4) is 0 Å². The van der Waals surface area contributed by atoms with Gasteiger partial charge in [0.15, 0.2) is 0 Å². The van der Waals surface area contributed by atoms with Gasteiger partial charge in [0.25, 0.3) is 0 Å². The van der Waals surface area contributed by atoms with E-state index in [1.807, 2.05) is 13.0 Å². The Kier molecular flexibility index (Phi) is 5.32. The molecule has 0 aliphatic carbocycles. The number of likely N-dealkylation sites (N-methyl/N-ethyl adjacent to an activating group) is 1. The zero-order valence-corrected chi connectivity index (χ0v) is 11.9. The second-order valence-electron chi connectivity index (χ2n) is 4.21. The lowest BCUT2D eigenvalue weighted by atomic mass is 9.95. The van der Waals surface area contributed by atoms with Gasteiger partial charge in [0.1, 0.15) is 5.60 Å². The molecule has 0 bridgehead atoms. The smallest absolute Gasteiger partial charge is 0.309 e. The summed E-state index contributed by atoms with van der Waals surface area (Å²) in [5.74, 6) is -1.39. The summed E-state index contributed by atoms with van der Waals surface area (Å²) in [7, 11) is 2.93.